The molecule has 0 aliphatic heterocycles. The molecule has 0 spiro atoms. The monoisotopic (exact) mass is 362 g/mol. The predicted molar refractivity (Wildman–Crippen MR) is 101 cm³/mol. The quantitative estimate of drug-likeness (QED) is 0.243. The Kier molecular flexibility index (Phi) is 10.1. The summed E-state index contributed by atoms with van der Waals surface area (Å²) in [6, 6.07) is 6.07. The Bertz CT molecular complexity index is 576. The van der Waals surface area contributed by atoms with Crippen LogP contribution in [0.3, 0.4) is 0 Å². The first kappa shape index (κ1) is 21.7. The van der Waals surface area contributed by atoms with Gasteiger partial charge in [-0.05, 0) is 58.1 Å². The second-order valence-electron chi connectivity index (χ2n) is 6.00. The summed E-state index contributed by atoms with van der Waals surface area (Å²) < 4.78 is 15.8. The third-order valence-electron chi connectivity index (χ3n) is 3.87. The molecule has 0 saturated carbocycles. The van der Waals surface area contributed by atoms with Gasteiger partial charge in [-0.15, -0.1) is 6.58 Å². The van der Waals surface area contributed by atoms with E-state index in [-0.39, 0.29) is 13.2 Å². The van der Waals surface area contributed by atoms with Crippen molar-refractivity contribution in [2.45, 2.75) is 46.5 Å². The first-order valence-corrected chi connectivity index (χ1v) is 9.19. The smallest absolute Gasteiger partial charge is 0.320 e. The molecular formula is C21H30O5. The maximum atomic E-state index is 11.9. The lowest BCUT2D eigenvalue weighted by atomic mass is 10.0. The summed E-state index contributed by atoms with van der Waals surface area (Å²) in [6.45, 7) is 10.3. The van der Waals surface area contributed by atoms with Crippen molar-refractivity contribution >= 4 is 11.9 Å². The van der Waals surface area contributed by atoms with Crippen LogP contribution < -0.4 is 4.74 Å². The molecule has 0 bridgehead atoms. The van der Waals surface area contributed by atoms with Gasteiger partial charge in [0.2, 0.25) is 0 Å². The van der Waals surface area contributed by atoms with Gasteiger partial charge >= 0.3 is 11.9 Å². The number of unbranched alkanes of at least 4 members (excludes halogenated alkanes) is 1. The summed E-state index contributed by atoms with van der Waals surface area (Å²) in [7, 11) is 0. The highest BCUT2D eigenvalue weighted by Crippen LogP contribution is 2.21. The third kappa shape index (κ3) is 7.30. The van der Waals surface area contributed by atoms with Crippen molar-refractivity contribution in [3.63, 3.8) is 0 Å². The second-order valence-corrected chi connectivity index (χ2v) is 6.00. The van der Waals surface area contributed by atoms with E-state index in [1.807, 2.05) is 25.1 Å². The van der Waals surface area contributed by atoms with Gasteiger partial charge in [0, 0.05) is 0 Å². The standard InChI is InChI=1S/C21H30O5/c1-5-10-17-15-16(4)12-13-19(17)26-14-9-8-11-18(20(22)24-6-2)21(23)25-7-3/h5,12-13,15,18H,1,6-11,14H2,2-4H3. The maximum absolute atomic E-state index is 11.9. The minimum Gasteiger partial charge on any atom is -0.493 e. The van der Waals surface area contributed by atoms with Gasteiger partial charge in [-0.1, -0.05) is 23.8 Å². The van der Waals surface area contributed by atoms with E-state index in [0.29, 0.717) is 19.4 Å². The van der Waals surface area contributed by atoms with Gasteiger partial charge in [0.25, 0.3) is 0 Å². The Hall–Kier alpha value is -2.30. The Morgan fingerprint density at radius 3 is 2.35 bits per heavy atom. The zero-order chi connectivity index (χ0) is 19.4. The molecule has 0 unspecified atom stereocenters. The van der Waals surface area contributed by atoms with E-state index in [1.54, 1.807) is 13.8 Å². The summed E-state index contributed by atoms with van der Waals surface area (Å²) in [4.78, 5) is 23.9. The SMILES string of the molecule is C=CCc1cc(C)ccc1OCCCCC(C(=O)OCC)C(=O)OCC. The van der Waals surface area contributed by atoms with Crippen molar-refractivity contribution in [2.75, 3.05) is 19.8 Å². The van der Waals surface area contributed by atoms with Crippen molar-refractivity contribution in [3.8, 4) is 5.75 Å². The lowest BCUT2D eigenvalue weighted by Gasteiger charge is -2.15. The van der Waals surface area contributed by atoms with Crippen LogP contribution in [0.2, 0.25) is 0 Å². The molecule has 1 aromatic rings. The number of carbonyl (C=O) groups is 2. The van der Waals surface area contributed by atoms with Gasteiger partial charge in [0.05, 0.1) is 19.8 Å². The molecule has 0 aliphatic rings. The van der Waals surface area contributed by atoms with Crippen molar-refractivity contribution in [2.24, 2.45) is 5.92 Å². The van der Waals surface area contributed by atoms with E-state index in [2.05, 4.69) is 12.6 Å². The molecule has 0 aliphatic carbocycles. The number of esters is 2. The number of allylic oxidation sites excluding steroid dienone is 1. The Balaban J connectivity index is 2.49. The number of carbonyl (C=O) groups excluding carboxylic acids is 2. The molecule has 26 heavy (non-hydrogen) atoms. The fourth-order valence-corrected chi connectivity index (χ4v) is 2.61. The van der Waals surface area contributed by atoms with Crippen molar-refractivity contribution in [1.29, 1.82) is 0 Å². The highest BCUT2D eigenvalue weighted by Gasteiger charge is 2.28. The fourth-order valence-electron chi connectivity index (χ4n) is 2.61. The van der Waals surface area contributed by atoms with Crippen LogP contribution in [0, 0.1) is 12.8 Å². The molecule has 0 atom stereocenters. The molecule has 0 radical (unpaired) electrons. The molecule has 5 nitrogen and oxygen atoms in total. The van der Waals surface area contributed by atoms with Crippen LogP contribution >= 0.6 is 0 Å². The van der Waals surface area contributed by atoms with Crippen molar-refractivity contribution in [3.05, 3.63) is 42.0 Å². The first-order valence-electron chi connectivity index (χ1n) is 9.19. The van der Waals surface area contributed by atoms with E-state index in [1.165, 1.54) is 5.56 Å². The van der Waals surface area contributed by atoms with E-state index in [0.717, 1.165) is 24.2 Å². The van der Waals surface area contributed by atoms with Crippen molar-refractivity contribution in [1.82, 2.24) is 0 Å². The predicted octanol–water partition coefficient (Wildman–Crippen LogP) is 4.02. The molecule has 0 aromatic heterocycles. The number of aryl methyl sites for hydroxylation is 1. The molecule has 0 saturated heterocycles. The number of ether oxygens (including phenoxy) is 3. The number of hydrogen-bond donors (Lipinski definition) is 0. The van der Waals surface area contributed by atoms with Crippen LogP contribution in [-0.4, -0.2) is 31.8 Å². The van der Waals surface area contributed by atoms with Crippen LogP contribution in [0.15, 0.2) is 30.9 Å². The zero-order valence-corrected chi connectivity index (χ0v) is 16.1. The fraction of sp³-hybridized carbons (Fsp3) is 0.524. The summed E-state index contributed by atoms with van der Waals surface area (Å²) in [6.07, 6.45) is 4.41. The lowest BCUT2D eigenvalue weighted by molar-refractivity contribution is -0.162. The average molecular weight is 362 g/mol. The van der Waals surface area contributed by atoms with Crippen LogP contribution in [0.25, 0.3) is 0 Å². The van der Waals surface area contributed by atoms with Crippen molar-refractivity contribution < 1.29 is 23.8 Å². The average Bonchev–Trinajstić information content (AvgIpc) is 2.60. The normalized spacial score (nSPS) is 10.5. The van der Waals surface area contributed by atoms with Gasteiger partial charge in [-0.2, -0.15) is 0 Å². The molecule has 144 valence electrons. The van der Waals surface area contributed by atoms with Crippen LogP contribution in [-0.2, 0) is 25.5 Å². The van der Waals surface area contributed by atoms with E-state index < -0.39 is 17.9 Å². The van der Waals surface area contributed by atoms with Gasteiger partial charge in [-0.25, -0.2) is 0 Å². The van der Waals surface area contributed by atoms with E-state index in [9.17, 15) is 9.59 Å². The molecule has 1 aromatic carbocycles. The molecule has 0 N–H and O–H groups in total. The second kappa shape index (κ2) is 12.1. The van der Waals surface area contributed by atoms with Gasteiger partial charge in [-0.3, -0.25) is 9.59 Å². The topological polar surface area (TPSA) is 61.8 Å². The Labute approximate surface area is 156 Å². The molecule has 5 heteroatoms. The zero-order valence-electron chi connectivity index (χ0n) is 16.1. The number of rotatable bonds is 12. The van der Waals surface area contributed by atoms with Crippen LogP contribution in [0.1, 0.15) is 44.2 Å². The van der Waals surface area contributed by atoms with E-state index in [4.69, 9.17) is 14.2 Å². The molecule has 0 heterocycles. The molecule has 0 amide bonds. The summed E-state index contributed by atoms with van der Waals surface area (Å²) in [5, 5.41) is 0. The Morgan fingerprint density at radius 2 is 1.77 bits per heavy atom. The maximum Gasteiger partial charge on any atom is 0.320 e. The van der Waals surface area contributed by atoms with E-state index >= 15 is 0 Å². The highest BCUT2D eigenvalue weighted by molar-refractivity contribution is 5.94. The summed E-state index contributed by atoms with van der Waals surface area (Å²) >= 11 is 0. The minimum atomic E-state index is -0.856. The largest absolute Gasteiger partial charge is 0.493 e. The highest BCUT2D eigenvalue weighted by atomic mass is 16.6. The third-order valence-corrected chi connectivity index (χ3v) is 3.87. The van der Waals surface area contributed by atoms with Gasteiger partial charge in [0.15, 0.2) is 5.92 Å². The van der Waals surface area contributed by atoms with Gasteiger partial charge < -0.3 is 14.2 Å². The minimum absolute atomic E-state index is 0.247. The summed E-state index contributed by atoms with van der Waals surface area (Å²) in [5.74, 6) is -1.04. The van der Waals surface area contributed by atoms with Crippen LogP contribution in [0.5, 0.6) is 5.75 Å². The lowest BCUT2D eigenvalue weighted by Crippen LogP contribution is -2.28. The summed E-state index contributed by atoms with van der Waals surface area (Å²) in [5.41, 5.74) is 2.29. The molecule has 1 rings (SSSR count). The first-order chi connectivity index (χ1) is 12.5. The Morgan fingerprint density at radius 1 is 1.12 bits per heavy atom. The number of benzene rings is 1. The molecular weight excluding hydrogens is 332 g/mol. The van der Waals surface area contributed by atoms with Gasteiger partial charge in [0.1, 0.15) is 5.75 Å². The molecule has 0 fully saturated rings. The number of hydrogen-bond acceptors (Lipinski definition) is 5. The van der Waals surface area contributed by atoms with Crippen LogP contribution in [0.4, 0.5) is 0 Å².